The standard InChI is InChI=1S/C13H28N2O/c1-3-14-12-6-8-13(9-7-12)15(2)10-4-5-11-16/h12-14,16H,3-11H2,1-2H3. The molecule has 3 nitrogen and oxygen atoms in total. The normalized spacial score (nSPS) is 26.2. The molecule has 0 spiro atoms. The van der Waals surface area contributed by atoms with Gasteiger partial charge in [0.25, 0.3) is 0 Å². The van der Waals surface area contributed by atoms with Crippen molar-refractivity contribution in [3.8, 4) is 0 Å². The first-order chi connectivity index (χ1) is 7.77. The maximum absolute atomic E-state index is 8.76. The third-order valence-corrected chi connectivity index (χ3v) is 3.73. The van der Waals surface area contributed by atoms with Crippen molar-refractivity contribution in [1.29, 1.82) is 0 Å². The summed E-state index contributed by atoms with van der Waals surface area (Å²) in [5.41, 5.74) is 0. The third kappa shape index (κ3) is 4.81. The van der Waals surface area contributed by atoms with Gasteiger partial charge in [-0.2, -0.15) is 0 Å². The van der Waals surface area contributed by atoms with Gasteiger partial charge in [-0.3, -0.25) is 0 Å². The zero-order valence-corrected chi connectivity index (χ0v) is 10.9. The molecule has 0 aliphatic heterocycles. The quantitative estimate of drug-likeness (QED) is 0.650. The molecule has 1 fully saturated rings. The summed E-state index contributed by atoms with van der Waals surface area (Å²) in [5, 5.41) is 12.3. The van der Waals surface area contributed by atoms with Crippen molar-refractivity contribution >= 4 is 0 Å². The van der Waals surface area contributed by atoms with Gasteiger partial charge in [0.15, 0.2) is 0 Å². The number of rotatable bonds is 7. The van der Waals surface area contributed by atoms with Crippen LogP contribution in [-0.2, 0) is 0 Å². The van der Waals surface area contributed by atoms with Crippen LogP contribution < -0.4 is 5.32 Å². The van der Waals surface area contributed by atoms with Gasteiger partial charge in [0, 0.05) is 18.7 Å². The van der Waals surface area contributed by atoms with Crippen molar-refractivity contribution in [2.24, 2.45) is 0 Å². The van der Waals surface area contributed by atoms with Gasteiger partial charge in [-0.05, 0) is 58.7 Å². The van der Waals surface area contributed by atoms with Crippen molar-refractivity contribution < 1.29 is 5.11 Å². The van der Waals surface area contributed by atoms with Gasteiger partial charge in [-0.15, -0.1) is 0 Å². The average molecular weight is 228 g/mol. The van der Waals surface area contributed by atoms with Crippen LogP contribution in [0.5, 0.6) is 0 Å². The van der Waals surface area contributed by atoms with Gasteiger partial charge < -0.3 is 15.3 Å². The van der Waals surface area contributed by atoms with Gasteiger partial charge in [-0.25, -0.2) is 0 Å². The van der Waals surface area contributed by atoms with Gasteiger partial charge in [0.1, 0.15) is 0 Å². The van der Waals surface area contributed by atoms with Gasteiger partial charge in [-0.1, -0.05) is 6.92 Å². The Balaban J connectivity index is 2.14. The molecule has 2 N–H and O–H groups in total. The Hall–Kier alpha value is -0.120. The highest BCUT2D eigenvalue weighted by Gasteiger charge is 2.22. The predicted molar refractivity (Wildman–Crippen MR) is 68.7 cm³/mol. The van der Waals surface area contributed by atoms with E-state index in [0.717, 1.165) is 38.0 Å². The minimum Gasteiger partial charge on any atom is -0.396 e. The lowest BCUT2D eigenvalue weighted by molar-refractivity contribution is 0.168. The van der Waals surface area contributed by atoms with Crippen LogP contribution in [-0.4, -0.2) is 48.8 Å². The molecule has 1 aliphatic rings. The monoisotopic (exact) mass is 228 g/mol. The van der Waals surface area contributed by atoms with E-state index in [1.165, 1.54) is 25.7 Å². The minimum atomic E-state index is 0.334. The number of nitrogens with zero attached hydrogens (tertiary/aromatic N) is 1. The molecule has 1 saturated carbocycles. The van der Waals surface area contributed by atoms with E-state index in [1.54, 1.807) is 0 Å². The van der Waals surface area contributed by atoms with E-state index < -0.39 is 0 Å². The van der Waals surface area contributed by atoms with Crippen molar-refractivity contribution in [3.63, 3.8) is 0 Å². The van der Waals surface area contributed by atoms with Crippen LogP contribution >= 0.6 is 0 Å². The molecule has 1 rings (SSSR count). The Morgan fingerprint density at radius 1 is 1.19 bits per heavy atom. The third-order valence-electron chi connectivity index (χ3n) is 3.73. The van der Waals surface area contributed by atoms with E-state index in [9.17, 15) is 0 Å². The second-order valence-electron chi connectivity index (χ2n) is 4.97. The second kappa shape index (κ2) is 8.04. The van der Waals surface area contributed by atoms with Crippen LogP contribution in [0.15, 0.2) is 0 Å². The molecule has 1 aliphatic carbocycles. The van der Waals surface area contributed by atoms with Crippen LogP contribution in [0, 0.1) is 0 Å². The van der Waals surface area contributed by atoms with E-state index in [1.807, 2.05) is 0 Å². The Morgan fingerprint density at radius 3 is 2.44 bits per heavy atom. The SMILES string of the molecule is CCNC1CCC(N(C)CCCCO)CC1. The molecule has 0 saturated heterocycles. The van der Waals surface area contributed by atoms with E-state index >= 15 is 0 Å². The van der Waals surface area contributed by atoms with E-state index in [0.29, 0.717) is 6.61 Å². The van der Waals surface area contributed by atoms with Crippen LogP contribution in [0.3, 0.4) is 0 Å². The topological polar surface area (TPSA) is 35.5 Å². The maximum Gasteiger partial charge on any atom is 0.0431 e. The fourth-order valence-corrected chi connectivity index (χ4v) is 2.66. The summed E-state index contributed by atoms with van der Waals surface area (Å²) in [4.78, 5) is 2.48. The van der Waals surface area contributed by atoms with Crippen molar-refractivity contribution in [2.75, 3.05) is 26.7 Å². The fourth-order valence-electron chi connectivity index (χ4n) is 2.66. The first-order valence-corrected chi connectivity index (χ1v) is 6.82. The minimum absolute atomic E-state index is 0.334. The average Bonchev–Trinajstić information content (AvgIpc) is 2.30. The van der Waals surface area contributed by atoms with E-state index in [-0.39, 0.29) is 0 Å². The number of nitrogens with one attached hydrogen (secondary N) is 1. The highest BCUT2D eigenvalue weighted by Crippen LogP contribution is 2.22. The van der Waals surface area contributed by atoms with E-state index in [4.69, 9.17) is 5.11 Å². The summed E-state index contributed by atoms with van der Waals surface area (Å²) in [6, 6.07) is 1.53. The molecule has 0 unspecified atom stereocenters. The van der Waals surface area contributed by atoms with E-state index in [2.05, 4.69) is 24.2 Å². The van der Waals surface area contributed by atoms with Crippen molar-refractivity contribution in [2.45, 2.75) is 57.5 Å². The van der Waals surface area contributed by atoms with Gasteiger partial charge in [0.05, 0.1) is 0 Å². The van der Waals surface area contributed by atoms with Crippen molar-refractivity contribution in [3.05, 3.63) is 0 Å². The predicted octanol–water partition coefficient (Wildman–Crippen LogP) is 1.61. The van der Waals surface area contributed by atoms with Crippen molar-refractivity contribution in [1.82, 2.24) is 10.2 Å². The molecular formula is C13H28N2O. The molecule has 0 atom stereocenters. The van der Waals surface area contributed by atoms with Crippen LogP contribution in [0.2, 0.25) is 0 Å². The molecule has 96 valence electrons. The molecule has 3 heteroatoms. The van der Waals surface area contributed by atoms with Crippen LogP contribution in [0.25, 0.3) is 0 Å². The molecule has 0 heterocycles. The lowest BCUT2D eigenvalue weighted by Crippen LogP contribution is -2.41. The molecule has 0 radical (unpaired) electrons. The highest BCUT2D eigenvalue weighted by molar-refractivity contribution is 4.81. The first kappa shape index (κ1) is 13.9. The molecule has 0 bridgehead atoms. The Kier molecular flexibility index (Phi) is 7.01. The number of hydrogen-bond donors (Lipinski definition) is 2. The summed E-state index contributed by atoms with van der Waals surface area (Å²) < 4.78 is 0. The second-order valence-corrected chi connectivity index (χ2v) is 4.97. The molecular weight excluding hydrogens is 200 g/mol. The lowest BCUT2D eigenvalue weighted by atomic mass is 9.90. The van der Waals surface area contributed by atoms with Crippen LogP contribution in [0.1, 0.15) is 45.4 Å². The van der Waals surface area contributed by atoms with Gasteiger partial charge >= 0.3 is 0 Å². The molecule has 16 heavy (non-hydrogen) atoms. The summed E-state index contributed by atoms with van der Waals surface area (Å²) in [6.07, 6.45) is 7.36. The zero-order valence-electron chi connectivity index (χ0n) is 10.9. The highest BCUT2D eigenvalue weighted by atomic mass is 16.2. The maximum atomic E-state index is 8.76. The largest absolute Gasteiger partial charge is 0.396 e. The Labute approximate surface area is 100 Å². The molecule has 0 aromatic rings. The zero-order chi connectivity index (χ0) is 11.8. The summed E-state index contributed by atoms with van der Waals surface area (Å²) in [7, 11) is 2.23. The molecule has 0 aromatic heterocycles. The lowest BCUT2D eigenvalue weighted by Gasteiger charge is -2.35. The number of unbranched alkanes of at least 4 members (excludes halogenated alkanes) is 1. The molecule has 0 aromatic carbocycles. The summed E-state index contributed by atoms with van der Waals surface area (Å²) >= 11 is 0. The Bertz CT molecular complexity index is 167. The smallest absolute Gasteiger partial charge is 0.0431 e. The summed E-state index contributed by atoms with van der Waals surface area (Å²) in [5.74, 6) is 0. The number of aliphatic hydroxyl groups is 1. The Morgan fingerprint density at radius 2 is 1.88 bits per heavy atom. The molecule has 0 amide bonds. The van der Waals surface area contributed by atoms with Crippen LogP contribution in [0.4, 0.5) is 0 Å². The first-order valence-electron chi connectivity index (χ1n) is 6.82. The summed E-state index contributed by atoms with van der Waals surface area (Å²) in [6.45, 7) is 4.76. The number of hydrogen-bond acceptors (Lipinski definition) is 3. The number of aliphatic hydroxyl groups excluding tert-OH is 1. The van der Waals surface area contributed by atoms with Gasteiger partial charge in [0.2, 0.25) is 0 Å². The fraction of sp³-hybridized carbons (Fsp3) is 1.00.